The molecule has 1 aromatic heterocycles. The molecule has 27 heavy (non-hydrogen) atoms. The summed E-state index contributed by atoms with van der Waals surface area (Å²) in [5.41, 5.74) is 1.39. The van der Waals surface area contributed by atoms with E-state index in [0.29, 0.717) is 11.1 Å². The Labute approximate surface area is 154 Å². The van der Waals surface area contributed by atoms with Gasteiger partial charge in [-0.25, -0.2) is 14.4 Å². The van der Waals surface area contributed by atoms with E-state index in [0.717, 1.165) is 6.33 Å². The van der Waals surface area contributed by atoms with Crippen molar-refractivity contribution < 1.29 is 22.3 Å². The van der Waals surface area contributed by atoms with Gasteiger partial charge in [0.1, 0.15) is 12.2 Å². The number of hydrogen-bond acceptors (Lipinski definition) is 3. The Morgan fingerprint density at radius 3 is 2.63 bits per heavy atom. The van der Waals surface area contributed by atoms with Gasteiger partial charge in [-0.3, -0.25) is 0 Å². The highest BCUT2D eigenvalue weighted by atomic mass is 19.4. The number of halogens is 4. The third kappa shape index (κ3) is 4.72. The quantitative estimate of drug-likeness (QED) is 0.656. The van der Waals surface area contributed by atoms with Crippen LogP contribution >= 0.6 is 0 Å². The zero-order valence-corrected chi connectivity index (χ0v) is 14.6. The van der Waals surface area contributed by atoms with Gasteiger partial charge in [0.15, 0.2) is 6.61 Å². The minimum absolute atomic E-state index is 0.0538. The molecule has 0 saturated carbocycles. The van der Waals surface area contributed by atoms with E-state index in [1.165, 1.54) is 6.20 Å². The van der Waals surface area contributed by atoms with Gasteiger partial charge in [0, 0.05) is 24.1 Å². The van der Waals surface area contributed by atoms with E-state index in [2.05, 4.69) is 9.97 Å². The molecule has 0 amide bonds. The smallest absolute Gasteiger partial charge is 0.422 e. The summed E-state index contributed by atoms with van der Waals surface area (Å²) in [6.45, 7) is 0.417. The normalized spacial score (nSPS) is 18.5. The Morgan fingerprint density at radius 1 is 1.22 bits per heavy atom. The first-order valence-electron chi connectivity index (χ1n) is 8.46. The highest BCUT2D eigenvalue weighted by Gasteiger charge is 2.31. The molecule has 3 nitrogen and oxygen atoms in total. The second kappa shape index (κ2) is 7.90. The van der Waals surface area contributed by atoms with E-state index in [4.69, 9.17) is 4.74 Å². The fraction of sp³-hybridized carbons (Fsp3) is 0.300. The van der Waals surface area contributed by atoms with Gasteiger partial charge < -0.3 is 4.74 Å². The molecule has 2 atom stereocenters. The van der Waals surface area contributed by atoms with Crippen molar-refractivity contribution in [3.63, 3.8) is 0 Å². The number of hydrogen-bond donors (Lipinski definition) is 0. The summed E-state index contributed by atoms with van der Waals surface area (Å²) in [4.78, 5) is 7.79. The fourth-order valence-corrected chi connectivity index (χ4v) is 3.05. The summed E-state index contributed by atoms with van der Waals surface area (Å²) in [6.07, 6.45) is 1.79. The molecule has 0 bridgehead atoms. The van der Waals surface area contributed by atoms with Gasteiger partial charge >= 0.3 is 6.18 Å². The average Bonchev–Trinajstić information content (AvgIpc) is 2.63. The second-order valence-corrected chi connectivity index (χ2v) is 6.43. The van der Waals surface area contributed by atoms with E-state index < -0.39 is 18.7 Å². The molecule has 0 radical (unpaired) electrons. The monoisotopic (exact) mass is 378 g/mol. The molecule has 0 spiro atoms. The van der Waals surface area contributed by atoms with Crippen LogP contribution in [0.5, 0.6) is 5.88 Å². The maximum atomic E-state index is 14.8. The first-order valence-corrected chi connectivity index (χ1v) is 8.46. The van der Waals surface area contributed by atoms with Crippen molar-refractivity contribution in [2.24, 2.45) is 5.92 Å². The van der Waals surface area contributed by atoms with Crippen LogP contribution in [0, 0.1) is 5.92 Å². The van der Waals surface area contributed by atoms with Gasteiger partial charge in [-0.2, -0.15) is 13.2 Å². The van der Waals surface area contributed by atoms with Crippen LogP contribution in [-0.4, -0.2) is 22.8 Å². The third-order valence-electron chi connectivity index (χ3n) is 4.25. The molecular formula is C20H18F4N2O. The van der Waals surface area contributed by atoms with E-state index >= 15 is 0 Å². The predicted octanol–water partition coefficient (Wildman–Crippen LogP) is 5.37. The number of allylic oxidation sites excluding steroid dienone is 4. The van der Waals surface area contributed by atoms with Crippen LogP contribution in [0.3, 0.4) is 0 Å². The number of nitrogens with zero attached hydrogens (tertiary/aromatic N) is 2. The summed E-state index contributed by atoms with van der Waals surface area (Å²) in [7, 11) is 0. The highest BCUT2D eigenvalue weighted by molar-refractivity contribution is 5.49. The van der Waals surface area contributed by atoms with Crippen molar-refractivity contribution in [2.45, 2.75) is 25.4 Å². The van der Waals surface area contributed by atoms with Gasteiger partial charge in [0.2, 0.25) is 5.88 Å². The molecule has 3 rings (SSSR count). The second-order valence-electron chi connectivity index (χ2n) is 6.43. The zero-order valence-electron chi connectivity index (χ0n) is 14.6. The molecule has 2 unspecified atom stereocenters. The third-order valence-corrected chi connectivity index (χ3v) is 4.25. The number of rotatable bonds is 5. The molecule has 1 heterocycles. The van der Waals surface area contributed by atoms with Crippen molar-refractivity contribution in [1.29, 1.82) is 0 Å². The zero-order chi connectivity index (χ0) is 19.4. The lowest BCUT2D eigenvalue weighted by Gasteiger charge is -2.25. The summed E-state index contributed by atoms with van der Waals surface area (Å²) in [5.74, 6) is -1.12. The predicted molar refractivity (Wildman–Crippen MR) is 92.9 cm³/mol. The van der Waals surface area contributed by atoms with Crippen molar-refractivity contribution in [2.75, 3.05) is 6.61 Å². The standard InChI is InChI=1S/C20H18F4N2O/c1-13-7-8-15(17(21)9-13)18(14-5-3-2-4-6-14)16-10-25-12-26-19(16)27-11-20(22,23)24/h2-8,10,12-13,18H,9,11H2,1H3. The number of ether oxygens (including phenoxy) is 1. The van der Waals surface area contributed by atoms with Gasteiger partial charge in [0.05, 0.1) is 0 Å². The molecule has 1 aliphatic rings. The average molecular weight is 378 g/mol. The lowest BCUT2D eigenvalue weighted by Crippen LogP contribution is -2.21. The first-order chi connectivity index (χ1) is 12.8. The molecule has 7 heteroatoms. The van der Waals surface area contributed by atoms with Crippen molar-refractivity contribution in [3.05, 3.63) is 77.5 Å². The van der Waals surface area contributed by atoms with Crippen molar-refractivity contribution >= 4 is 0 Å². The maximum Gasteiger partial charge on any atom is 0.422 e. The Hall–Kier alpha value is -2.70. The number of alkyl halides is 3. The summed E-state index contributed by atoms with van der Waals surface area (Å²) in [5, 5.41) is 0. The van der Waals surface area contributed by atoms with E-state index in [1.54, 1.807) is 30.3 Å². The number of aromatic nitrogens is 2. The van der Waals surface area contributed by atoms with Gasteiger partial charge in [-0.15, -0.1) is 0 Å². The van der Waals surface area contributed by atoms with E-state index in [-0.39, 0.29) is 29.6 Å². The summed E-state index contributed by atoms with van der Waals surface area (Å²) < 4.78 is 57.5. The molecule has 2 aromatic rings. The van der Waals surface area contributed by atoms with Gasteiger partial charge in [-0.1, -0.05) is 49.4 Å². The Balaban J connectivity index is 2.08. The van der Waals surface area contributed by atoms with Crippen molar-refractivity contribution in [3.8, 4) is 5.88 Å². The van der Waals surface area contributed by atoms with E-state index in [1.807, 2.05) is 19.1 Å². The van der Waals surface area contributed by atoms with Crippen LogP contribution < -0.4 is 4.74 Å². The van der Waals surface area contributed by atoms with Crippen LogP contribution in [0.2, 0.25) is 0 Å². The van der Waals surface area contributed by atoms with Crippen LogP contribution in [0.4, 0.5) is 17.6 Å². The summed E-state index contributed by atoms with van der Waals surface area (Å²) >= 11 is 0. The maximum absolute atomic E-state index is 14.8. The van der Waals surface area contributed by atoms with Crippen LogP contribution in [0.25, 0.3) is 0 Å². The summed E-state index contributed by atoms with van der Waals surface area (Å²) in [6, 6.07) is 8.97. The van der Waals surface area contributed by atoms with Crippen LogP contribution in [0.1, 0.15) is 30.4 Å². The molecule has 0 aliphatic heterocycles. The molecule has 142 valence electrons. The Bertz CT molecular complexity index is 847. The molecular weight excluding hydrogens is 360 g/mol. The topological polar surface area (TPSA) is 35.0 Å². The first kappa shape index (κ1) is 19.1. The Kier molecular flexibility index (Phi) is 5.58. The van der Waals surface area contributed by atoms with Crippen molar-refractivity contribution in [1.82, 2.24) is 9.97 Å². The van der Waals surface area contributed by atoms with Crippen LogP contribution in [0.15, 0.2) is 66.4 Å². The highest BCUT2D eigenvalue weighted by Crippen LogP contribution is 2.41. The SMILES string of the molecule is CC1C=CC(C(c2ccccc2)c2cncnc2OCC(F)(F)F)=C(F)C1. The van der Waals surface area contributed by atoms with Gasteiger partial charge in [0.25, 0.3) is 0 Å². The Morgan fingerprint density at radius 2 is 1.96 bits per heavy atom. The van der Waals surface area contributed by atoms with Gasteiger partial charge in [-0.05, 0) is 17.1 Å². The minimum Gasteiger partial charge on any atom is -0.468 e. The largest absolute Gasteiger partial charge is 0.468 e. The molecule has 0 fully saturated rings. The number of benzene rings is 1. The van der Waals surface area contributed by atoms with Crippen LogP contribution in [-0.2, 0) is 0 Å². The molecule has 1 aliphatic carbocycles. The van der Waals surface area contributed by atoms with E-state index in [9.17, 15) is 17.6 Å². The minimum atomic E-state index is -4.50. The molecule has 0 N–H and O–H groups in total. The lowest BCUT2D eigenvalue weighted by molar-refractivity contribution is -0.154. The lowest BCUT2D eigenvalue weighted by atomic mass is 9.81. The fourth-order valence-electron chi connectivity index (χ4n) is 3.05. The molecule has 0 saturated heterocycles. The molecule has 1 aromatic carbocycles.